The lowest BCUT2D eigenvalue weighted by atomic mass is 9.95. The molecule has 1 aliphatic carbocycles. The van der Waals surface area contributed by atoms with E-state index in [4.69, 9.17) is 16.6 Å². The number of aryl methyl sites for hydroxylation is 1. The van der Waals surface area contributed by atoms with Crippen molar-refractivity contribution in [2.75, 3.05) is 11.9 Å². The minimum atomic E-state index is 0.112. The van der Waals surface area contributed by atoms with Gasteiger partial charge in [0.05, 0.1) is 34.1 Å². The fraction of sp³-hybridized carbons (Fsp3) is 0.350. The molecule has 0 aliphatic heterocycles. The summed E-state index contributed by atoms with van der Waals surface area (Å²) in [5.41, 5.74) is 4.27. The normalized spacial score (nSPS) is 16.1. The fourth-order valence-corrected chi connectivity index (χ4v) is 4.14. The molecule has 2 N–H and O–H groups in total. The van der Waals surface area contributed by atoms with Crippen molar-refractivity contribution in [3.8, 4) is 6.07 Å². The summed E-state index contributed by atoms with van der Waals surface area (Å²) in [6.45, 7) is 2.67. The first-order valence-corrected chi connectivity index (χ1v) is 9.39. The van der Waals surface area contributed by atoms with E-state index in [0.29, 0.717) is 22.6 Å². The number of anilines is 1. The lowest BCUT2D eigenvalue weighted by Crippen LogP contribution is -2.29. The molecule has 1 unspecified atom stereocenters. The van der Waals surface area contributed by atoms with Gasteiger partial charge < -0.3 is 15.0 Å². The smallest absolute Gasteiger partial charge is 0.106 e. The molecule has 4 rings (SSSR count). The third-order valence-corrected chi connectivity index (χ3v) is 5.46. The van der Waals surface area contributed by atoms with Gasteiger partial charge in [0.25, 0.3) is 0 Å². The highest BCUT2D eigenvalue weighted by Gasteiger charge is 2.25. The molecule has 7 heteroatoms. The number of aliphatic hydroxyl groups is 1. The Morgan fingerprint density at radius 3 is 3.07 bits per heavy atom. The molecule has 0 radical (unpaired) electrons. The monoisotopic (exact) mass is 381 g/mol. The zero-order valence-corrected chi connectivity index (χ0v) is 15.8. The van der Waals surface area contributed by atoms with E-state index in [1.807, 2.05) is 19.1 Å². The third-order valence-electron chi connectivity index (χ3n) is 5.16. The highest BCUT2D eigenvalue weighted by atomic mass is 35.5. The van der Waals surface area contributed by atoms with Crippen LogP contribution >= 0.6 is 11.6 Å². The summed E-state index contributed by atoms with van der Waals surface area (Å²) < 4.78 is 2.11. The molecule has 0 amide bonds. The topological polar surface area (TPSA) is 86.8 Å². The van der Waals surface area contributed by atoms with Crippen LogP contribution in [0.3, 0.4) is 0 Å². The van der Waals surface area contributed by atoms with E-state index in [1.165, 1.54) is 5.69 Å². The van der Waals surface area contributed by atoms with Gasteiger partial charge in [0.15, 0.2) is 0 Å². The molecule has 138 valence electrons. The van der Waals surface area contributed by atoms with Crippen LogP contribution in [0.15, 0.2) is 24.4 Å². The Morgan fingerprint density at radius 2 is 2.30 bits per heavy atom. The van der Waals surface area contributed by atoms with Crippen LogP contribution in [-0.2, 0) is 19.4 Å². The molecule has 3 aromatic rings. The summed E-state index contributed by atoms with van der Waals surface area (Å²) in [5, 5.41) is 23.8. The number of rotatable bonds is 4. The Morgan fingerprint density at radius 1 is 1.44 bits per heavy atom. The predicted molar refractivity (Wildman–Crippen MR) is 105 cm³/mol. The standard InChI is InChI=1S/C20H20ClN5O/c1-12-24-17-9-14(5-6-18(17)26(12)7-8-27)25-19-13(10-22)11-23-20-15(19)3-2-4-16(20)21/h2-4,11,14,27H,5-9H2,1H3,(H,23,25). The molecule has 0 bridgehead atoms. The van der Waals surface area contributed by atoms with Crippen molar-refractivity contribution < 1.29 is 5.11 Å². The molecule has 2 heterocycles. The number of aliphatic hydroxyl groups excluding tert-OH is 1. The minimum absolute atomic E-state index is 0.112. The SMILES string of the molecule is Cc1nc2c(n1CCO)CCC(Nc1c(C#N)cnc3c(Cl)cccc13)C2. The number of para-hydroxylation sites is 1. The zero-order chi connectivity index (χ0) is 19.0. The predicted octanol–water partition coefficient (Wildman–Crippen LogP) is 3.23. The number of aromatic nitrogens is 3. The Hall–Kier alpha value is -2.62. The van der Waals surface area contributed by atoms with E-state index < -0.39 is 0 Å². The van der Waals surface area contributed by atoms with Crippen molar-refractivity contribution in [3.63, 3.8) is 0 Å². The van der Waals surface area contributed by atoms with Gasteiger partial charge in [0.2, 0.25) is 0 Å². The molecule has 27 heavy (non-hydrogen) atoms. The zero-order valence-electron chi connectivity index (χ0n) is 15.0. The number of halogens is 1. The van der Waals surface area contributed by atoms with Gasteiger partial charge in [-0.2, -0.15) is 5.26 Å². The van der Waals surface area contributed by atoms with Crippen molar-refractivity contribution in [2.24, 2.45) is 0 Å². The van der Waals surface area contributed by atoms with Crippen molar-refractivity contribution in [2.45, 2.75) is 38.8 Å². The van der Waals surface area contributed by atoms with E-state index in [2.05, 4.69) is 20.9 Å². The van der Waals surface area contributed by atoms with Gasteiger partial charge in [-0.3, -0.25) is 4.98 Å². The number of hydrogen-bond acceptors (Lipinski definition) is 5. The van der Waals surface area contributed by atoms with Crippen LogP contribution < -0.4 is 5.32 Å². The van der Waals surface area contributed by atoms with Crippen LogP contribution in [-0.4, -0.2) is 32.3 Å². The molecule has 1 atom stereocenters. The first-order valence-electron chi connectivity index (χ1n) is 9.02. The van der Waals surface area contributed by atoms with E-state index >= 15 is 0 Å². The van der Waals surface area contributed by atoms with Crippen LogP contribution in [0, 0.1) is 18.3 Å². The number of nitrogens with one attached hydrogen (secondary N) is 1. The molecular weight excluding hydrogens is 362 g/mol. The number of benzene rings is 1. The molecule has 0 saturated carbocycles. The maximum atomic E-state index is 9.53. The number of imidazole rings is 1. The average molecular weight is 382 g/mol. The summed E-state index contributed by atoms with van der Waals surface area (Å²) in [6, 6.07) is 8.01. The molecule has 1 aliphatic rings. The number of nitriles is 1. The van der Waals surface area contributed by atoms with Gasteiger partial charge in [0.1, 0.15) is 11.9 Å². The van der Waals surface area contributed by atoms with Crippen molar-refractivity contribution >= 4 is 28.2 Å². The summed E-state index contributed by atoms with van der Waals surface area (Å²) in [4.78, 5) is 9.04. The van der Waals surface area contributed by atoms with Gasteiger partial charge in [-0.25, -0.2) is 4.98 Å². The fourth-order valence-electron chi connectivity index (χ4n) is 3.91. The largest absolute Gasteiger partial charge is 0.395 e. The van der Waals surface area contributed by atoms with Crippen LogP contribution in [0.25, 0.3) is 10.9 Å². The van der Waals surface area contributed by atoms with Gasteiger partial charge in [-0.15, -0.1) is 0 Å². The molecule has 2 aromatic heterocycles. The van der Waals surface area contributed by atoms with E-state index in [9.17, 15) is 10.4 Å². The van der Waals surface area contributed by atoms with Crippen LogP contribution in [0.2, 0.25) is 5.02 Å². The molecule has 0 saturated heterocycles. The first-order chi connectivity index (χ1) is 13.1. The quantitative estimate of drug-likeness (QED) is 0.724. The summed E-state index contributed by atoms with van der Waals surface area (Å²) in [5.74, 6) is 0.938. The molecule has 1 aromatic carbocycles. The number of pyridine rings is 1. The van der Waals surface area contributed by atoms with Gasteiger partial charge >= 0.3 is 0 Å². The first kappa shape index (κ1) is 17.8. The van der Waals surface area contributed by atoms with Crippen molar-refractivity contribution in [1.82, 2.24) is 14.5 Å². The summed E-state index contributed by atoms with van der Waals surface area (Å²) in [6.07, 6.45) is 4.17. The van der Waals surface area contributed by atoms with E-state index in [1.54, 1.807) is 12.3 Å². The highest BCUT2D eigenvalue weighted by Crippen LogP contribution is 2.32. The second kappa shape index (κ2) is 7.18. The second-order valence-electron chi connectivity index (χ2n) is 6.81. The Labute approximate surface area is 162 Å². The second-order valence-corrected chi connectivity index (χ2v) is 7.21. The number of nitrogens with zero attached hydrogens (tertiary/aromatic N) is 4. The van der Waals surface area contributed by atoms with Gasteiger partial charge in [-0.1, -0.05) is 23.7 Å². The average Bonchev–Trinajstić information content (AvgIpc) is 2.97. The maximum Gasteiger partial charge on any atom is 0.106 e. The molecule has 0 spiro atoms. The molecule has 6 nitrogen and oxygen atoms in total. The van der Waals surface area contributed by atoms with E-state index in [0.717, 1.165) is 41.9 Å². The highest BCUT2D eigenvalue weighted by molar-refractivity contribution is 6.35. The third kappa shape index (κ3) is 3.14. The van der Waals surface area contributed by atoms with Crippen LogP contribution in [0.5, 0.6) is 0 Å². The lowest BCUT2D eigenvalue weighted by molar-refractivity contribution is 0.272. The summed E-state index contributed by atoms with van der Waals surface area (Å²) in [7, 11) is 0. The molecule has 0 fully saturated rings. The maximum absolute atomic E-state index is 9.53. The number of fused-ring (bicyclic) bond motifs is 2. The van der Waals surface area contributed by atoms with Gasteiger partial charge in [0, 0.05) is 36.3 Å². The number of hydrogen-bond donors (Lipinski definition) is 2. The molecular formula is C20H20ClN5O. The van der Waals surface area contributed by atoms with Crippen molar-refractivity contribution in [1.29, 1.82) is 5.26 Å². The van der Waals surface area contributed by atoms with Crippen LogP contribution in [0.4, 0.5) is 5.69 Å². The summed E-state index contributed by atoms with van der Waals surface area (Å²) >= 11 is 6.28. The van der Waals surface area contributed by atoms with Crippen LogP contribution in [0.1, 0.15) is 29.2 Å². The lowest BCUT2D eigenvalue weighted by Gasteiger charge is -2.26. The Kier molecular flexibility index (Phi) is 4.73. The van der Waals surface area contributed by atoms with E-state index in [-0.39, 0.29) is 12.6 Å². The van der Waals surface area contributed by atoms with Gasteiger partial charge in [-0.05, 0) is 25.8 Å². The Balaban J connectivity index is 1.67. The van der Waals surface area contributed by atoms with Crippen molar-refractivity contribution in [3.05, 3.63) is 52.2 Å². The minimum Gasteiger partial charge on any atom is -0.395 e. The Bertz CT molecular complexity index is 1050.